The molecule has 3 N–H and O–H groups in total. The number of nitrogens with one attached hydrogen (secondary N) is 2. The van der Waals surface area contributed by atoms with E-state index in [-0.39, 0.29) is 35.6 Å². The van der Waals surface area contributed by atoms with Gasteiger partial charge in [-0.3, -0.25) is 4.79 Å². The lowest BCUT2D eigenvalue weighted by Gasteiger charge is -2.37. The van der Waals surface area contributed by atoms with Crippen molar-refractivity contribution < 1.29 is 23.1 Å². The van der Waals surface area contributed by atoms with Crippen LogP contribution in [0.1, 0.15) is 58.4 Å². The molecule has 0 aliphatic heterocycles. The van der Waals surface area contributed by atoms with Gasteiger partial charge in [0.25, 0.3) is 0 Å². The predicted octanol–water partition coefficient (Wildman–Crippen LogP) is 5.80. The van der Waals surface area contributed by atoms with Crippen LogP contribution < -0.4 is 5.32 Å². The third-order valence-electron chi connectivity index (χ3n) is 5.50. The molecule has 0 spiro atoms. The average molecular weight is 447 g/mol. The summed E-state index contributed by atoms with van der Waals surface area (Å²) in [6.45, 7) is 7.14. The number of aliphatic hydroxyl groups is 1. The Balaban J connectivity index is 0.00000141. The Labute approximate surface area is 185 Å². The van der Waals surface area contributed by atoms with Gasteiger partial charge < -0.3 is 15.4 Å². The van der Waals surface area contributed by atoms with Crippen LogP contribution in [0.2, 0.25) is 0 Å². The summed E-state index contributed by atoms with van der Waals surface area (Å²) >= 11 is 0. The first kappa shape index (κ1) is 23.9. The highest BCUT2D eigenvalue weighted by Gasteiger charge is 2.36. The van der Waals surface area contributed by atoms with Crippen molar-refractivity contribution in [2.45, 2.75) is 64.5 Å². The number of halogens is 3. The van der Waals surface area contributed by atoms with E-state index in [4.69, 9.17) is 0 Å². The number of H-pyrrole nitrogens is 1. The van der Waals surface area contributed by atoms with Crippen molar-refractivity contribution in [1.82, 2.24) is 10.3 Å². The molecular formula is C25H29F3N2O2. The molecule has 1 aromatic heterocycles. The number of rotatable bonds is 5. The summed E-state index contributed by atoms with van der Waals surface area (Å²) in [5, 5.41) is 13.1. The van der Waals surface area contributed by atoms with Gasteiger partial charge in [0.15, 0.2) is 0 Å². The molecule has 0 bridgehead atoms. The fourth-order valence-corrected chi connectivity index (χ4v) is 4.15. The number of carbonyl (C=O) groups excluding carboxylic acids is 1. The van der Waals surface area contributed by atoms with E-state index in [1.807, 2.05) is 13.8 Å². The number of aromatic amines is 1. The molecule has 1 amide bonds. The van der Waals surface area contributed by atoms with Crippen molar-refractivity contribution in [3.63, 3.8) is 0 Å². The largest absolute Gasteiger partial charge is 0.390 e. The Kier molecular flexibility index (Phi) is 6.98. The molecule has 1 saturated carbocycles. The van der Waals surface area contributed by atoms with Gasteiger partial charge in [-0.15, -0.1) is 0 Å². The van der Waals surface area contributed by atoms with Crippen molar-refractivity contribution in [3.8, 4) is 11.3 Å². The number of aromatic nitrogens is 1. The minimum atomic E-state index is -1.09. The summed E-state index contributed by atoms with van der Waals surface area (Å²) in [5.41, 5.74) is 1.19. The number of amides is 1. The molecule has 0 atom stereocenters. The van der Waals surface area contributed by atoms with Crippen LogP contribution in [0.5, 0.6) is 0 Å². The molecule has 4 nitrogen and oxygen atoms in total. The van der Waals surface area contributed by atoms with E-state index >= 15 is 0 Å². The fourth-order valence-electron chi connectivity index (χ4n) is 4.15. The highest BCUT2D eigenvalue weighted by atomic mass is 19.1. The zero-order valence-electron chi connectivity index (χ0n) is 18.7. The predicted molar refractivity (Wildman–Crippen MR) is 120 cm³/mol. The van der Waals surface area contributed by atoms with E-state index in [1.54, 1.807) is 26.0 Å². The Bertz CT molecular complexity index is 1100. The highest BCUT2D eigenvalue weighted by Crippen LogP contribution is 2.45. The standard InChI is InChI=1S/C23H23F3N2O2.C2H6/c1-23(2,30)11-19(29)27-16-7-13(8-16)20-17-9-15(25)10-18(26)22(17)28-21(20)12-3-5-14(24)6-4-12;1-2/h3-6,9-10,13,16,28,30H,7-8,11H2,1-2H3,(H,27,29);1-2H3. The van der Waals surface area contributed by atoms with E-state index in [1.165, 1.54) is 18.2 Å². The van der Waals surface area contributed by atoms with Crippen LogP contribution in [-0.2, 0) is 4.79 Å². The molecule has 0 saturated heterocycles. The van der Waals surface area contributed by atoms with Crippen LogP contribution in [0, 0.1) is 17.5 Å². The van der Waals surface area contributed by atoms with Gasteiger partial charge in [-0.25, -0.2) is 13.2 Å². The number of hydrogen-bond donors (Lipinski definition) is 3. The Morgan fingerprint density at radius 2 is 1.72 bits per heavy atom. The molecule has 3 aromatic rings. The SMILES string of the molecule is CC.CC(C)(O)CC(=O)NC1CC(c2c(-c3ccc(F)cc3)[nH]c3c(F)cc(F)cc23)C1. The van der Waals surface area contributed by atoms with E-state index in [9.17, 15) is 23.1 Å². The van der Waals surface area contributed by atoms with Gasteiger partial charge in [-0.05, 0) is 74.1 Å². The van der Waals surface area contributed by atoms with Crippen molar-refractivity contribution >= 4 is 16.8 Å². The molecule has 1 aliphatic carbocycles. The zero-order chi connectivity index (χ0) is 23.6. The van der Waals surface area contributed by atoms with Gasteiger partial charge in [-0.1, -0.05) is 13.8 Å². The van der Waals surface area contributed by atoms with Crippen molar-refractivity contribution in [1.29, 1.82) is 0 Å². The van der Waals surface area contributed by atoms with Gasteiger partial charge in [0.1, 0.15) is 17.5 Å². The summed E-state index contributed by atoms with van der Waals surface area (Å²) in [5.74, 6) is -1.99. The molecule has 32 heavy (non-hydrogen) atoms. The van der Waals surface area contributed by atoms with Gasteiger partial charge in [0.05, 0.1) is 23.2 Å². The lowest BCUT2D eigenvalue weighted by Crippen LogP contribution is -2.45. The van der Waals surface area contributed by atoms with Crippen molar-refractivity contribution in [2.75, 3.05) is 0 Å². The van der Waals surface area contributed by atoms with Crippen LogP contribution in [0.4, 0.5) is 13.2 Å². The summed E-state index contributed by atoms with van der Waals surface area (Å²) < 4.78 is 41.7. The van der Waals surface area contributed by atoms with E-state index in [0.29, 0.717) is 29.5 Å². The summed E-state index contributed by atoms with van der Waals surface area (Å²) in [4.78, 5) is 15.1. The molecule has 1 aliphatic rings. The van der Waals surface area contributed by atoms with Gasteiger partial charge in [0.2, 0.25) is 5.91 Å². The molecule has 4 rings (SSSR count). The van der Waals surface area contributed by atoms with E-state index < -0.39 is 17.2 Å². The fraction of sp³-hybridized carbons (Fsp3) is 0.400. The smallest absolute Gasteiger partial charge is 0.223 e. The minimum absolute atomic E-state index is 0.00148. The third-order valence-corrected chi connectivity index (χ3v) is 5.50. The minimum Gasteiger partial charge on any atom is -0.390 e. The van der Waals surface area contributed by atoms with Crippen LogP contribution in [0.3, 0.4) is 0 Å². The first-order chi connectivity index (χ1) is 15.1. The number of carbonyl (C=O) groups is 1. The van der Waals surface area contributed by atoms with Crippen molar-refractivity contribution in [2.24, 2.45) is 0 Å². The second-order valence-corrected chi connectivity index (χ2v) is 8.65. The molecule has 0 radical (unpaired) electrons. The number of benzene rings is 2. The van der Waals surface area contributed by atoms with Gasteiger partial charge in [-0.2, -0.15) is 0 Å². The number of hydrogen-bond acceptors (Lipinski definition) is 2. The third kappa shape index (κ3) is 5.15. The summed E-state index contributed by atoms with van der Waals surface area (Å²) in [7, 11) is 0. The molecule has 2 aromatic carbocycles. The maximum Gasteiger partial charge on any atom is 0.223 e. The lowest BCUT2D eigenvalue weighted by molar-refractivity contribution is -0.126. The van der Waals surface area contributed by atoms with Crippen molar-refractivity contribution in [3.05, 3.63) is 59.4 Å². The van der Waals surface area contributed by atoms with Gasteiger partial charge in [0, 0.05) is 17.5 Å². The first-order valence-electron chi connectivity index (χ1n) is 10.9. The van der Waals surface area contributed by atoms with Crippen LogP contribution in [-0.4, -0.2) is 27.6 Å². The maximum atomic E-state index is 14.4. The van der Waals surface area contributed by atoms with Crippen LogP contribution in [0.15, 0.2) is 36.4 Å². The topological polar surface area (TPSA) is 65.1 Å². The first-order valence-corrected chi connectivity index (χ1v) is 10.9. The molecule has 0 unspecified atom stereocenters. The maximum absolute atomic E-state index is 14.4. The molecule has 7 heteroatoms. The molecular weight excluding hydrogens is 417 g/mol. The molecule has 1 heterocycles. The van der Waals surface area contributed by atoms with Crippen LogP contribution in [0.25, 0.3) is 22.2 Å². The highest BCUT2D eigenvalue weighted by molar-refractivity contribution is 5.92. The molecule has 172 valence electrons. The lowest BCUT2D eigenvalue weighted by atomic mass is 9.74. The normalized spacial score (nSPS) is 18.0. The number of fused-ring (bicyclic) bond motifs is 1. The van der Waals surface area contributed by atoms with Gasteiger partial charge >= 0.3 is 0 Å². The van der Waals surface area contributed by atoms with E-state index in [2.05, 4.69) is 10.3 Å². The monoisotopic (exact) mass is 446 g/mol. The average Bonchev–Trinajstić information content (AvgIpc) is 3.04. The second-order valence-electron chi connectivity index (χ2n) is 8.65. The second kappa shape index (κ2) is 9.36. The quantitative estimate of drug-likeness (QED) is 0.464. The summed E-state index contributed by atoms with van der Waals surface area (Å²) in [6.07, 6.45) is 1.21. The zero-order valence-corrected chi connectivity index (χ0v) is 18.7. The Morgan fingerprint density at radius 1 is 1.09 bits per heavy atom. The van der Waals surface area contributed by atoms with Crippen LogP contribution >= 0.6 is 0 Å². The summed E-state index contributed by atoms with van der Waals surface area (Å²) in [6, 6.07) is 7.89. The van der Waals surface area contributed by atoms with E-state index in [0.717, 1.165) is 11.6 Å². The molecule has 1 fully saturated rings. The Hall–Kier alpha value is -2.80. The Morgan fingerprint density at radius 3 is 2.31 bits per heavy atom.